The first kappa shape index (κ1) is 17.5. The molecule has 0 aromatic heterocycles. The van der Waals surface area contributed by atoms with Gasteiger partial charge in [0.1, 0.15) is 0 Å². The Morgan fingerprint density at radius 1 is 0.960 bits per heavy atom. The molecule has 1 saturated carbocycles. The van der Waals surface area contributed by atoms with Crippen molar-refractivity contribution in [3.05, 3.63) is 71.8 Å². The highest BCUT2D eigenvalue weighted by Crippen LogP contribution is 2.18. The molecule has 0 unspecified atom stereocenters. The number of nitrogens with two attached hydrogens (primary N) is 1. The molecular weight excluding hydrogens is 308 g/mol. The van der Waals surface area contributed by atoms with Crippen molar-refractivity contribution < 1.29 is 0 Å². The molecule has 1 fully saturated rings. The smallest absolute Gasteiger partial charge is 0.188 e. The summed E-state index contributed by atoms with van der Waals surface area (Å²) in [5, 5.41) is 3.24. The van der Waals surface area contributed by atoms with Crippen molar-refractivity contribution >= 4 is 5.96 Å². The van der Waals surface area contributed by atoms with Crippen molar-refractivity contribution in [1.82, 2.24) is 10.2 Å². The molecule has 0 heterocycles. The lowest BCUT2D eigenvalue weighted by Gasteiger charge is -2.22. The molecule has 1 aliphatic carbocycles. The van der Waals surface area contributed by atoms with Gasteiger partial charge in [0, 0.05) is 32.2 Å². The summed E-state index contributed by atoms with van der Waals surface area (Å²) in [5.74, 6) is 0.597. The number of hydrogen-bond acceptors (Lipinski definition) is 2. The molecule has 0 aliphatic heterocycles. The molecule has 4 nitrogen and oxygen atoms in total. The van der Waals surface area contributed by atoms with Gasteiger partial charge >= 0.3 is 0 Å². The van der Waals surface area contributed by atoms with Gasteiger partial charge in [-0.3, -0.25) is 9.89 Å². The topological polar surface area (TPSA) is 53.6 Å². The second-order valence-electron chi connectivity index (χ2n) is 6.72. The molecule has 3 rings (SSSR count). The van der Waals surface area contributed by atoms with Crippen molar-refractivity contribution in [2.24, 2.45) is 10.7 Å². The van der Waals surface area contributed by atoms with E-state index < -0.39 is 0 Å². The molecule has 0 amide bonds. The van der Waals surface area contributed by atoms with Gasteiger partial charge in [-0.2, -0.15) is 0 Å². The monoisotopic (exact) mass is 336 g/mol. The summed E-state index contributed by atoms with van der Waals surface area (Å²) in [6.45, 7) is 3.68. The molecule has 25 heavy (non-hydrogen) atoms. The fraction of sp³-hybridized carbons (Fsp3) is 0.381. The van der Waals surface area contributed by atoms with Crippen LogP contribution in [0.5, 0.6) is 0 Å². The summed E-state index contributed by atoms with van der Waals surface area (Å²) >= 11 is 0. The Labute approximate surface area is 150 Å². The predicted octanol–water partition coefficient (Wildman–Crippen LogP) is 3.15. The normalized spacial score (nSPS) is 14.7. The maximum absolute atomic E-state index is 5.90. The van der Waals surface area contributed by atoms with Gasteiger partial charge in [0.2, 0.25) is 0 Å². The van der Waals surface area contributed by atoms with Gasteiger partial charge in [-0.05, 0) is 30.4 Å². The molecule has 3 N–H and O–H groups in total. The number of aliphatic imine (C=N–C) groups is 1. The summed E-state index contributed by atoms with van der Waals surface area (Å²) in [7, 11) is 0. The fourth-order valence-corrected chi connectivity index (χ4v) is 2.87. The van der Waals surface area contributed by atoms with Crippen LogP contribution in [0, 0.1) is 0 Å². The zero-order valence-corrected chi connectivity index (χ0v) is 14.8. The lowest BCUT2D eigenvalue weighted by atomic mass is 10.1. The molecule has 2 aromatic rings. The second-order valence-corrected chi connectivity index (χ2v) is 6.72. The Morgan fingerprint density at radius 3 is 2.04 bits per heavy atom. The van der Waals surface area contributed by atoms with Gasteiger partial charge in [0.15, 0.2) is 5.96 Å². The number of guanidine groups is 1. The van der Waals surface area contributed by atoms with Gasteiger partial charge in [-0.1, -0.05) is 60.7 Å². The summed E-state index contributed by atoms with van der Waals surface area (Å²) < 4.78 is 0. The minimum Gasteiger partial charge on any atom is -0.370 e. The first-order valence-electron chi connectivity index (χ1n) is 9.16. The maximum atomic E-state index is 5.90. The first-order chi connectivity index (χ1) is 12.3. The fourth-order valence-electron chi connectivity index (χ4n) is 2.87. The van der Waals surface area contributed by atoms with Gasteiger partial charge in [-0.25, -0.2) is 0 Å². The molecule has 0 spiro atoms. The van der Waals surface area contributed by atoms with E-state index in [4.69, 9.17) is 5.73 Å². The molecule has 132 valence electrons. The van der Waals surface area contributed by atoms with Crippen LogP contribution in [0.2, 0.25) is 0 Å². The van der Waals surface area contributed by atoms with Crippen molar-refractivity contribution in [2.75, 3.05) is 13.1 Å². The zero-order chi connectivity index (χ0) is 17.3. The Morgan fingerprint density at radius 2 is 1.52 bits per heavy atom. The van der Waals surface area contributed by atoms with Crippen molar-refractivity contribution in [3.8, 4) is 0 Å². The molecule has 4 heteroatoms. The number of nitrogens with zero attached hydrogens (tertiary/aromatic N) is 2. The Balaban J connectivity index is 1.52. The van der Waals surface area contributed by atoms with Crippen LogP contribution < -0.4 is 11.1 Å². The van der Waals surface area contributed by atoms with E-state index in [0.29, 0.717) is 12.0 Å². The molecule has 0 saturated heterocycles. The van der Waals surface area contributed by atoms with Crippen LogP contribution in [-0.4, -0.2) is 30.0 Å². The van der Waals surface area contributed by atoms with Gasteiger partial charge < -0.3 is 11.1 Å². The van der Waals surface area contributed by atoms with Crippen LogP contribution in [0.4, 0.5) is 0 Å². The van der Waals surface area contributed by atoms with Gasteiger partial charge in [-0.15, -0.1) is 0 Å². The largest absolute Gasteiger partial charge is 0.370 e. The van der Waals surface area contributed by atoms with E-state index in [2.05, 4.69) is 75.9 Å². The van der Waals surface area contributed by atoms with Crippen molar-refractivity contribution in [1.29, 1.82) is 0 Å². The molecule has 0 radical (unpaired) electrons. The molecule has 0 atom stereocenters. The first-order valence-corrected chi connectivity index (χ1v) is 9.16. The number of hydrogen-bond donors (Lipinski definition) is 2. The quantitative estimate of drug-likeness (QED) is 0.420. The third kappa shape index (κ3) is 6.59. The third-order valence-electron chi connectivity index (χ3n) is 4.34. The van der Waals surface area contributed by atoms with E-state index in [0.717, 1.165) is 32.6 Å². The Bertz CT molecular complexity index is 609. The summed E-state index contributed by atoms with van der Waals surface area (Å²) in [6.07, 6.45) is 3.45. The summed E-state index contributed by atoms with van der Waals surface area (Å²) in [4.78, 5) is 6.92. The number of rotatable bonds is 9. The van der Waals surface area contributed by atoms with E-state index in [9.17, 15) is 0 Å². The summed E-state index contributed by atoms with van der Waals surface area (Å²) in [5.41, 5.74) is 8.59. The van der Waals surface area contributed by atoms with Gasteiger partial charge in [0.05, 0.1) is 0 Å². The van der Waals surface area contributed by atoms with Crippen molar-refractivity contribution in [3.63, 3.8) is 0 Å². The van der Waals surface area contributed by atoms with Crippen LogP contribution in [-0.2, 0) is 13.1 Å². The lowest BCUT2D eigenvalue weighted by molar-refractivity contribution is 0.255. The van der Waals surface area contributed by atoms with E-state index in [-0.39, 0.29) is 0 Å². The highest BCUT2D eigenvalue weighted by molar-refractivity contribution is 5.78. The molecular formula is C21H28N4. The minimum atomic E-state index is 0.566. The minimum absolute atomic E-state index is 0.566. The molecule has 0 bridgehead atoms. The van der Waals surface area contributed by atoms with E-state index in [1.807, 2.05) is 0 Å². The predicted molar refractivity (Wildman–Crippen MR) is 104 cm³/mol. The van der Waals surface area contributed by atoms with E-state index >= 15 is 0 Å². The Kier molecular flexibility index (Phi) is 6.46. The van der Waals surface area contributed by atoms with Crippen LogP contribution in [0.25, 0.3) is 0 Å². The zero-order valence-electron chi connectivity index (χ0n) is 14.8. The second kappa shape index (κ2) is 9.23. The third-order valence-corrected chi connectivity index (χ3v) is 4.34. The molecule has 2 aromatic carbocycles. The molecule has 1 aliphatic rings. The number of nitrogens with one attached hydrogen (secondary N) is 1. The van der Waals surface area contributed by atoms with Crippen LogP contribution in [0.15, 0.2) is 65.7 Å². The van der Waals surface area contributed by atoms with Crippen LogP contribution >= 0.6 is 0 Å². The van der Waals surface area contributed by atoms with Crippen LogP contribution in [0.1, 0.15) is 30.4 Å². The highest BCUT2D eigenvalue weighted by atomic mass is 15.1. The Hall–Kier alpha value is -2.33. The SMILES string of the molecule is NC(=NCCCN(Cc1ccccc1)Cc1ccccc1)NC1CC1. The standard InChI is InChI=1S/C21H28N4/c22-21(24-20-12-13-20)23-14-7-15-25(16-18-8-3-1-4-9-18)17-19-10-5-2-6-11-19/h1-6,8-11,20H,7,12-17H2,(H3,22,23,24). The highest BCUT2D eigenvalue weighted by Gasteiger charge is 2.21. The average molecular weight is 336 g/mol. The van der Waals surface area contributed by atoms with Crippen LogP contribution in [0.3, 0.4) is 0 Å². The van der Waals surface area contributed by atoms with Crippen molar-refractivity contribution in [2.45, 2.75) is 38.4 Å². The number of benzene rings is 2. The maximum Gasteiger partial charge on any atom is 0.188 e. The van der Waals surface area contributed by atoms with E-state index in [1.165, 1.54) is 24.0 Å². The van der Waals surface area contributed by atoms with E-state index in [1.54, 1.807) is 0 Å². The summed E-state index contributed by atoms with van der Waals surface area (Å²) in [6, 6.07) is 21.9. The lowest BCUT2D eigenvalue weighted by Crippen LogP contribution is -2.33. The van der Waals surface area contributed by atoms with Gasteiger partial charge in [0.25, 0.3) is 0 Å². The average Bonchev–Trinajstić information content (AvgIpc) is 3.44.